The molecule has 0 spiro atoms. The second kappa shape index (κ2) is 6.65. The summed E-state index contributed by atoms with van der Waals surface area (Å²) in [7, 11) is -3.16. The number of halogens is 1. The lowest BCUT2D eigenvalue weighted by Crippen LogP contribution is -2.40. The van der Waals surface area contributed by atoms with Gasteiger partial charge in [-0.05, 0) is 25.0 Å². The maximum Gasteiger partial charge on any atom is 0.211 e. The Bertz CT molecular complexity index is 655. The molecular formula is C14H17ClN2O3S. The lowest BCUT2D eigenvalue weighted by atomic mass is 10.0. The highest BCUT2D eigenvalue weighted by molar-refractivity contribution is 7.88. The molecule has 0 N–H and O–H groups in total. The molecule has 21 heavy (non-hydrogen) atoms. The predicted molar refractivity (Wildman–Crippen MR) is 80.8 cm³/mol. The van der Waals surface area contributed by atoms with Gasteiger partial charge in [-0.1, -0.05) is 17.7 Å². The van der Waals surface area contributed by atoms with E-state index < -0.39 is 10.0 Å². The van der Waals surface area contributed by atoms with Crippen LogP contribution in [0.1, 0.15) is 18.4 Å². The van der Waals surface area contributed by atoms with Crippen LogP contribution in [0.4, 0.5) is 0 Å². The fraction of sp³-hybridized carbons (Fsp3) is 0.500. The number of benzene rings is 1. The summed E-state index contributed by atoms with van der Waals surface area (Å²) in [4.78, 5) is 0. The first kappa shape index (κ1) is 16.1. The van der Waals surface area contributed by atoms with Gasteiger partial charge in [0.15, 0.2) is 0 Å². The van der Waals surface area contributed by atoms with Crippen molar-refractivity contribution in [1.29, 1.82) is 5.26 Å². The zero-order valence-corrected chi connectivity index (χ0v) is 13.3. The fourth-order valence-electron chi connectivity index (χ4n) is 2.40. The molecule has 1 fully saturated rings. The number of hydrogen-bond acceptors (Lipinski definition) is 4. The van der Waals surface area contributed by atoms with Gasteiger partial charge in [0.25, 0.3) is 0 Å². The van der Waals surface area contributed by atoms with Crippen molar-refractivity contribution in [2.75, 3.05) is 26.0 Å². The second-order valence-electron chi connectivity index (χ2n) is 5.17. The summed E-state index contributed by atoms with van der Waals surface area (Å²) in [5, 5.41) is 9.44. The highest BCUT2D eigenvalue weighted by atomic mass is 35.5. The molecule has 5 nitrogen and oxygen atoms in total. The molecule has 1 saturated heterocycles. The van der Waals surface area contributed by atoms with Crippen molar-refractivity contribution >= 4 is 21.6 Å². The van der Waals surface area contributed by atoms with Crippen LogP contribution in [-0.2, 0) is 10.0 Å². The van der Waals surface area contributed by atoms with Crippen LogP contribution in [0.25, 0.3) is 0 Å². The van der Waals surface area contributed by atoms with Gasteiger partial charge < -0.3 is 4.74 Å². The normalized spacial score (nSPS) is 20.0. The molecule has 0 aromatic heterocycles. The third-order valence-electron chi connectivity index (χ3n) is 3.51. The summed E-state index contributed by atoms with van der Waals surface area (Å²) in [6.45, 7) is 1.40. The summed E-state index contributed by atoms with van der Waals surface area (Å²) in [5.74, 6) is 0.570. The maximum absolute atomic E-state index is 11.6. The molecule has 2 rings (SSSR count). The Morgan fingerprint density at radius 3 is 2.95 bits per heavy atom. The molecular weight excluding hydrogens is 312 g/mol. The summed E-state index contributed by atoms with van der Waals surface area (Å²) in [6.07, 6.45) is 2.96. The van der Waals surface area contributed by atoms with E-state index in [0.29, 0.717) is 36.0 Å². The zero-order chi connectivity index (χ0) is 15.5. The number of ether oxygens (including phenoxy) is 1. The molecule has 1 unspecified atom stereocenters. The van der Waals surface area contributed by atoms with Gasteiger partial charge in [-0.25, -0.2) is 12.7 Å². The van der Waals surface area contributed by atoms with Crippen molar-refractivity contribution in [3.05, 3.63) is 28.8 Å². The molecule has 1 aromatic rings. The van der Waals surface area contributed by atoms with Gasteiger partial charge in [0.1, 0.15) is 17.4 Å². The predicted octanol–water partition coefficient (Wildman–Crippen LogP) is 2.26. The number of nitrogens with zero attached hydrogens (tertiary/aromatic N) is 2. The minimum absolute atomic E-state index is 0.124. The highest BCUT2D eigenvalue weighted by Gasteiger charge is 2.26. The van der Waals surface area contributed by atoms with Crippen LogP contribution in [0.3, 0.4) is 0 Å². The monoisotopic (exact) mass is 328 g/mol. The largest absolute Gasteiger partial charge is 0.492 e. The van der Waals surface area contributed by atoms with E-state index >= 15 is 0 Å². The van der Waals surface area contributed by atoms with Gasteiger partial charge in [-0.3, -0.25) is 0 Å². The second-order valence-corrected chi connectivity index (χ2v) is 7.55. The standard InChI is InChI=1S/C14H17ClN2O3S/c1-21(18,19)17-7-3-4-11(9-17)10-20-14-6-2-5-13(15)12(14)8-16/h2,5-6,11H,3-4,7,9-10H2,1H3. The van der Waals surface area contributed by atoms with Crippen molar-refractivity contribution < 1.29 is 13.2 Å². The third-order valence-corrected chi connectivity index (χ3v) is 5.10. The number of piperidine rings is 1. The molecule has 1 heterocycles. The van der Waals surface area contributed by atoms with Crippen molar-refractivity contribution in [2.45, 2.75) is 12.8 Å². The van der Waals surface area contributed by atoms with Crippen molar-refractivity contribution in [3.8, 4) is 11.8 Å². The SMILES string of the molecule is CS(=O)(=O)N1CCCC(COc2cccc(Cl)c2C#N)C1. The van der Waals surface area contributed by atoms with E-state index in [-0.39, 0.29) is 5.92 Å². The summed E-state index contributed by atoms with van der Waals surface area (Å²) < 4.78 is 30.3. The van der Waals surface area contributed by atoms with Gasteiger partial charge in [0.2, 0.25) is 10.0 Å². The Hall–Kier alpha value is -1.29. The first-order chi connectivity index (χ1) is 9.91. The Morgan fingerprint density at radius 2 is 2.29 bits per heavy atom. The highest BCUT2D eigenvalue weighted by Crippen LogP contribution is 2.27. The number of sulfonamides is 1. The molecule has 0 aliphatic carbocycles. The maximum atomic E-state index is 11.6. The lowest BCUT2D eigenvalue weighted by Gasteiger charge is -2.30. The molecule has 0 amide bonds. The molecule has 7 heteroatoms. The van der Waals surface area contributed by atoms with E-state index in [4.69, 9.17) is 21.6 Å². The summed E-state index contributed by atoms with van der Waals surface area (Å²) in [6, 6.07) is 7.08. The fourth-order valence-corrected chi connectivity index (χ4v) is 3.56. The minimum atomic E-state index is -3.16. The molecule has 0 bridgehead atoms. The number of nitriles is 1. The molecule has 0 saturated carbocycles. The smallest absolute Gasteiger partial charge is 0.211 e. The van der Waals surface area contributed by atoms with Gasteiger partial charge in [0.05, 0.1) is 17.9 Å². The van der Waals surface area contributed by atoms with E-state index in [1.165, 1.54) is 10.6 Å². The van der Waals surface area contributed by atoms with Crippen molar-refractivity contribution in [1.82, 2.24) is 4.31 Å². The minimum Gasteiger partial charge on any atom is -0.492 e. The Balaban J connectivity index is 2.01. The first-order valence-corrected chi connectivity index (χ1v) is 8.91. The van der Waals surface area contributed by atoms with Crippen molar-refractivity contribution in [2.24, 2.45) is 5.92 Å². The molecule has 1 atom stereocenters. The number of rotatable bonds is 4. The van der Waals surface area contributed by atoms with Gasteiger partial charge >= 0.3 is 0 Å². The van der Waals surface area contributed by atoms with Crippen LogP contribution in [0.2, 0.25) is 5.02 Å². The van der Waals surface area contributed by atoms with Crippen LogP contribution in [0.5, 0.6) is 5.75 Å². The summed E-state index contributed by atoms with van der Waals surface area (Å²) >= 11 is 5.94. The third kappa shape index (κ3) is 4.10. The molecule has 1 aliphatic heterocycles. The van der Waals surface area contributed by atoms with Crippen LogP contribution < -0.4 is 4.74 Å². The molecule has 0 radical (unpaired) electrons. The lowest BCUT2D eigenvalue weighted by molar-refractivity contribution is 0.180. The Labute approximate surface area is 130 Å². The molecule has 1 aromatic carbocycles. The zero-order valence-electron chi connectivity index (χ0n) is 11.8. The van der Waals surface area contributed by atoms with Crippen LogP contribution in [0, 0.1) is 17.2 Å². The van der Waals surface area contributed by atoms with E-state index in [1.807, 2.05) is 6.07 Å². The van der Waals surface area contributed by atoms with E-state index in [1.54, 1.807) is 18.2 Å². The van der Waals surface area contributed by atoms with Gasteiger partial charge in [-0.15, -0.1) is 0 Å². The van der Waals surface area contributed by atoms with E-state index in [0.717, 1.165) is 12.8 Å². The van der Waals surface area contributed by atoms with Crippen molar-refractivity contribution in [3.63, 3.8) is 0 Å². The quantitative estimate of drug-likeness (QED) is 0.850. The van der Waals surface area contributed by atoms with Crippen LogP contribution in [-0.4, -0.2) is 38.7 Å². The summed E-state index contributed by atoms with van der Waals surface area (Å²) in [5.41, 5.74) is 0.315. The van der Waals surface area contributed by atoms with Crippen LogP contribution >= 0.6 is 11.6 Å². The Kier molecular flexibility index (Phi) is 5.09. The van der Waals surface area contributed by atoms with Gasteiger partial charge in [-0.2, -0.15) is 5.26 Å². The van der Waals surface area contributed by atoms with E-state index in [2.05, 4.69) is 0 Å². The first-order valence-electron chi connectivity index (χ1n) is 6.68. The topological polar surface area (TPSA) is 70.4 Å². The van der Waals surface area contributed by atoms with Crippen LogP contribution in [0.15, 0.2) is 18.2 Å². The molecule has 1 aliphatic rings. The number of hydrogen-bond donors (Lipinski definition) is 0. The Morgan fingerprint density at radius 1 is 1.52 bits per heavy atom. The van der Waals surface area contributed by atoms with E-state index in [9.17, 15) is 8.42 Å². The average Bonchev–Trinajstić information content (AvgIpc) is 2.44. The molecule has 114 valence electrons. The average molecular weight is 329 g/mol. The van der Waals surface area contributed by atoms with Gasteiger partial charge in [0, 0.05) is 19.0 Å².